The Morgan fingerprint density at radius 1 is 0.971 bits per heavy atom. The van der Waals surface area contributed by atoms with Gasteiger partial charge in [0.15, 0.2) is 17.3 Å². The van der Waals surface area contributed by atoms with Crippen molar-refractivity contribution in [2.45, 2.75) is 13.5 Å². The van der Waals surface area contributed by atoms with Crippen molar-refractivity contribution in [3.05, 3.63) is 100 Å². The van der Waals surface area contributed by atoms with Crippen LogP contribution in [0.4, 0.5) is 9.18 Å². The SMILES string of the molecule is CCOc1cc(/C=C2\SC(=O)N(CC(=O)c3ccccc3)C2=O)ccc1OCc1cccc(F)c1. The second-order valence-electron chi connectivity index (χ2n) is 7.61. The van der Waals surface area contributed by atoms with Crippen LogP contribution in [0.25, 0.3) is 6.08 Å². The summed E-state index contributed by atoms with van der Waals surface area (Å²) in [5, 5.41) is -0.495. The van der Waals surface area contributed by atoms with Crippen LogP contribution in [0.1, 0.15) is 28.4 Å². The largest absolute Gasteiger partial charge is 0.490 e. The van der Waals surface area contributed by atoms with E-state index in [9.17, 15) is 18.8 Å². The molecule has 0 saturated carbocycles. The summed E-state index contributed by atoms with van der Waals surface area (Å²) in [5.74, 6) is -0.252. The number of thioether (sulfide) groups is 1. The monoisotopic (exact) mass is 491 g/mol. The van der Waals surface area contributed by atoms with Gasteiger partial charge in [-0.3, -0.25) is 19.3 Å². The zero-order valence-electron chi connectivity index (χ0n) is 18.9. The molecule has 1 saturated heterocycles. The molecule has 3 aromatic rings. The normalized spacial score (nSPS) is 14.5. The lowest BCUT2D eigenvalue weighted by molar-refractivity contribution is -0.122. The van der Waals surface area contributed by atoms with Crippen molar-refractivity contribution in [2.75, 3.05) is 13.2 Å². The number of amides is 2. The Morgan fingerprint density at radius 2 is 1.77 bits per heavy atom. The van der Waals surface area contributed by atoms with Crippen LogP contribution >= 0.6 is 11.8 Å². The minimum Gasteiger partial charge on any atom is -0.490 e. The van der Waals surface area contributed by atoms with E-state index in [1.54, 1.807) is 66.7 Å². The number of carbonyl (C=O) groups excluding carboxylic acids is 3. The van der Waals surface area contributed by atoms with Gasteiger partial charge in [0.25, 0.3) is 11.1 Å². The molecule has 4 rings (SSSR count). The lowest BCUT2D eigenvalue weighted by atomic mass is 10.1. The maximum atomic E-state index is 13.4. The topological polar surface area (TPSA) is 72.9 Å². The van der Waals surface area contributed by atoms with Gasteiger partial charge < -0.3 is 9.47 Å². The van der Waals surface area contributed by atoms with Gasteiger partial charge in [0.2, 0.25) is 0 Å². The summed E-state index contributed by atoms with van der Waals surface area (Å²) in [6.07, 6.45) is 1.58. The summed E-state index contributed by atoms with van der Waals surface area (Å²) in [6.45, 7) is 2.06. The van der Waals surface area contributed by atoms with E-state index in [4.69, 9.17) is 9.47 Å². The number of carbonyl (C=O) groups is 3. The highest BCUT2D eigenvalue weighted by Gasteiger charge is 2.36. The molecule has 1 aliphatic heterocycles. The fraction of sp³-hybridized carbons (Fsp3) is 0.148. The van der Waals surface area contributed by atoms with Crippen LogP contribution in [-0.2, 0) is 11.4 Å². The molecule has 3 aromatic carbocycles. The Kier molecular flexibility index (Phi) is 7.62. The minimum absolute atomic E-state index is 0.158. The maximum Gasteiger partial charge on any atom is 0.293 e. The predicted molar refractivity (Wildman–Crippen MR) is 132 cm³/mol. The summed E-state index contributed by atoms with van der Waals surface area (Å²) in [5.41, 5.74) is 1.74. The van der Waals surface area contributed by atoms with Crippen LogP contribution in [-0.4, -0.2) is 35.0 Å². The van der Waals surface area contributed by atoms with Gasteiger partial charge in [-0.1, -0.05) is 48.5 Å². The summed E-state index contributed by atoms with van der Waals surface area (Å²) in [6, 6.07) is 19.8. The molecule has 0 aromatic heterocycles. The summed E-state index contributed by atoms with van der Waals surface area (Å²) >= 11 is 0.785. The van der Waals surface area contributed by atoms with E-state index in [1.165, 1.54) is 12.1 Å². The van der Waals surface area contributed by atoms with Crippen LogP contribution in [0.3, 0.4) is 0 Å². The average Bonchev–Trinajstić information content (AvgIpc) is 3.11. The van der Waals surface area contributed by atoms with Crippen molar-refractivity contribution in [3.63, 3.8) is 0 Å². The highest BCUT2D eigenvalue weighted by molar-refractivity contribution is 8.18. The van der Waals surface area contributed by atoms with E-state index >= 15 is 0 Å². The summed E-state index contributed by atoms with van der Waals surface area (Å²) in [4.78, 5) is 38.9. The van der Waals surface area contributed by atoms with Crippen LogP contribution in [0, 0.1) is 5.82 Å². The van der Waals surface area contributed by atoms with Crippen molar-refractivity contribution in [1.82, 2.24) is 4.90 Å². The quantitative estimate of drug-likeness (QED) is 0.282. The lowest BCUT2D eigenvalue weighted by Crippen LogP contribution is -2.33. The third-order valence-corrected chi connectivity index (χ3v) is 6.03. The number of benzene rings is 3. The van der Waals surface area contributed by atoms with Gasteiger partial charge >= 0.3 is 0 Å². The van der Waals surface area contributed by atoms with Gasteiger partial charge in [-0.2, -0.15) is 0 Å². The third-order valence-electron chi connectivity index (χ3n) is 5.12. The van der Waals surface area contributed by atoms with E-state index in [1.807, 2.05) is 6.92 Å². The third kappa shape index (κ3) is 5.96. The molecular formula is C27H22FNO5S. The number of halogens is 1. The molecule has 8 heteroatoms. The highest BCUT2D eigenvalue weighted by Crippen LogP contribution is 2.35. The zero-order valence-corrected chi connectivity index (χ0v) is 19.7. The van der Waals surface area contributed by atoms with Gasteiger partial charge in [-0.05, 0) is 60.2 Å². The molecule has 0 aliphatic carbocycles. The number of Topliss-reactive ketones (excluding diaryl/α,β-unsaturated/α-hetero) is 1. The van der Waals surface area contributed by atoms with Gasteiger partial charge in [0, 0.05) is 5.56 Å². The van der Waals surface area contributed by atoms with Crippen LogP contribution < -0.4 is 9.47 Å². The van der Waals surface area contributed by atoms with Gasteiger partial charge in [0.1, 0.15) is 12.4 Å². The fourth-order valence-corrected chi connectivity index (χ4v) is 4.27. The maximum absolute atomic E-state index is 13.4. The van der Waals surface area contributed by atoms with E-state index in [-0.39, 0.29) is 29.7 Å². The first kappa shape index (κ1) is 24.2. The standard InChI is InChI=1S/C27H22FNO5S/c1-2-33-24-14-18(11-12-23(24)34-17-19-7-6-10-21(28)13-19)15-25-26(31)29(27(32)35-25)16-22(30)20-8-4-3-5-9-20/h3-15H,2,16-17H2,1H3/b25-15-. The van der Waals surface area contributed by atoms with Gasteiger partial charge in [-0.25, -0.2) is 4.39 Å². The first-order valence-electron chi connectivity index (χ1n) is 10.9. The van der Waals surface area contributed by atoms with Crippen molar-refractivity contribution in [3.8, 4) is 11.5 Å². The molecule has 2 amide bonds. The molecule has 0 N–H and O–H groups in total. The van der Waals surface area contributed by atoms with Crippen molar-refractivity contribution in [2.24, 2.45) is 0 Å². The molecule has 6 nitrogen and oxygen atoms in total. The van der Waals surface area contributed by atoms with Crippen LogP contribution in [0.5, 0.6) is 11.5 Å². The highest BCUT2D eigenvalue weighted by atomic mass is 32.2. The first-order valence-corrected chi connectivity index (χ1v) is 11.7. The minimum atomic E-state index is -0.520. The van der Waals surface area contributed by atoms with Crippen molar-refractivity contribution >= 4 is 34.8 Å². The number of rotatable bonds is 9. The Labute approximate surface area is 206 Å². The van der Waals surface area contributed by atoms with Crippen LogP contribution in [0.15, 0.2) is 77.7 Å². The molecule has 0 radical (unpaired) electrons. The number of hydrogen-bond donors (Lipinski definition) is 0. The van der Waals surface area contributed by atoms with Gasteiger partial charge in [0.05, 0.1) is 18.1 Å². The summed E-state index contributed by atoms with van der Waals surface area (Å²) < 4.78 is 24.9. The van der Waals surface area contributed by atoms with Gasteiger partial charge in [-0.15, -0.1) is 0 Å². The molecule has 0 spiro atoms. The second kappa shape index (κ2) is 11.0. The molecule has 0 unspecified atom stereocenters. The summed E-state index contributed by atoms with van der Waals surface area (Å²) in [7, 11) is 0. The Bertz CT molecular complexity index is 1290. The van der Waals surface area contributed by atoms with E-state index in [0.29, 0.717) is 34.8 Å². The van der Waals surface area contributed by atoms with Crippen molar-refractivity contribution in [1.29, 1.82) is 0 Å². The molecule has 35 heavy (non-hydrogen) atoms. The molecule has 0 atom stereocenters. The smallest absolute Gasteiger partial charge is 0.293 e. The lowest BCUT2D eigenvalue weighted by Gasteiger charge is -2.13. The number of nitrogens with zero attached hydrogens (tertiary/aromatic N) is 1. The van der Waals surface area contributed by atoms with Crippen LogP contribution in [0.2, 0.25) is 0 Å². The van der Waals surface area contributed by atoms with Crippen molar-refractivity contribution < 1.29 is 28.2 Å². The molecular weight excluding hydrogens is 469 g/mol. The average molecular weight is 492 g/mol. The molecule has 1 fully saturated rings. The van der Waals surface area contributed by atoms with E-state index < -0.39 is 11.1 Å². The molecule has 0 bridgehead atoms. The number of hydrogen-bond acceptors (Lipinski definition) is 6. The molecule has 1 heterocycles. The Hall–Kier alpha value is -3.91. The zero-order chi connectivity index (χ0) is 24.8. The molecule has 178 valence electrons. The Balaban J connectivity index is 1.49. The Morgan fingerprint density at radius 3 is 2.51 bits per heavy atom. The fourth-order valence-electron chi connectivity index (χ4n) is 3.44. The second-order valence-corrected chi connectivity index (χ2v) is 8.61. The number of ether oxygens (including phenoxy) is 2. The predicted octanol–water partition coefficient (Wildman–Crippen LogP) is 5.72. The number of ketones is 1. The first-order chi connectivity index (χ1) is 16.9. The molecule has 1 aliphatic rings. The van der Waals surface area contributed by atoms with E-state index in [0.717, 1.165) is 16.7 Å². The van der Waals surface area contributed by atoms with E-state index in [2.05, 4.69) is 0 Å². The number of imide groups is 1.